The van der Waals surface area contributed by atoms with Crippen molar-refractivity contribution < 1.29 is 9.53 Å². The average Bonchev–Trinajstić information content (AvgIpc) is 2.67. The Morgan fingerprint density at radius 3 is 2.59 bits per heavy atom. The second-order valence-corrected chi connectivity index (χ2v) is 6.87. The summed E-state index contributed by atoms with van der Waals surface area (Å²) >= 11 is 12.0. The number of hydrogen-bond acceptors (Lipinski definition) is 3. The Morgan fingerprint density at radius 2 is 1.85 bits per heavy atom. The number of amides is 1. The fourth-order valence-electron chi connectivity index (χ4n) is 2.59. The Hall–Kier alpha value is -2.56. The third-order valence-corrected chi connectivity index (χ3v) is 4.44. The summed E-state index contributed by atoms with van der Waals surface area (Å²) in [6.07, 6.45) is 1.50. The highest BCUT2D eigenvalue weighted by molar-refractivity contribution is 6.31. The predicted molar refractivity (Wildman–Crippen MR) is 107 cm³/mol. The van der Waals surface area contributed by atoms with Gasteiger partial charge < -0.3 is 10.1 Å². The van der Waals surface area contributed by atoms with Gasteiger partial charge in [0.25, 0.3) is 5.91 Å². The van der Waals surface area contributed by atoms with E-state index >= 15 is 0 Å². The molecular weight excluding hydrogens is 383 g/mol. The fraction of sp³-hybridized carbons (Fsp3) is 0.143. The number of carbonyl (C=O) groups excluding carboxylic acids is 1. The van der Waals surface area contributed by atoms with Gasteiger partial charge in [0, 0.05) is 11.2 Å². The number of pyridine rings is 1. The van der Waals surface area contributed by atoms with Crippen LogP contribution >= 0.6 is 23.2 Å². The molecule has 0 spiro atoms. The Bertz CT molecular complexity index is 932. The summed E-state index contributed by atoms with van der Waals surface area (Å²) in [4.78, 5) is 17.0. The second-order valence-electron chi connectivity index (χ2n) is 6.00. The number of halogens is 2. The summed E-state index contributed by atoms with van der Waals surface area (Å²) in [7, 11) is 0. The van der Waals surface area contributed by atoms with Gasteiger partial charge in [-0.1, -0.05) is 59.6 Å². The summed E-state index contributed by atoms with van der Waals surface area (Å²) in [5.41, 5.74) is 1.89. The topological polar surface area (TPSA) is 51.2 Å². The molecule has 2 aromatic carbocycles. The highest BCUT2D eigenvalue weighted by Gasteiger charge is 2.17. The number of hydrogen-bond donors (Lipinski definition) is 1. The molecule has 0 aliphatic rings. The maximum Gasteiger partial charge on any atom is 0.253 e. The Morgan fingerprint density at radius 1 is 1.07 bits per heavy atom. The van der Waals surface area contributed by atoms with E-state index in [9.17, 15) is 4.79 Å². The zero-order chi connectivity index (χ0) is 19.2. The first-order chi connectivity index (χ1) is 13.0. The summed E-state index contributed by atoms with van der Waals surface area (Å²) in [6.45, 7) is 2.05. The van der Waals surface area contributed by atoms with E-state index in [0.717, 1.165) is 5.56 Å². The molecule has 1 aromatic heterocycles. The molecule has 0 unspecified atom stereocenters. The fourth-order valence-corrected chi connectivity index (χ4v) is 2.93. The second kappa shape index (κ2) is 8.89. The lowest BCUT2D eigenvalue weighted by atomic mass is 10.1. The van der Waals surface area contributed by atoms with E-state index in [1.807, 2.05) is 37.3 Å². The number of rotatable bonds is 6. The standard InChI is InChI=1S/C21H18Cl2N2O2/c1-14(15-6-3-2-4-7-15)25-21(26)19-11-17(23)12-24-20(19)13-27-18-9-5-8-16(22)10-18/h2-12,14H,13H2,1H3,(H,25,26)/t14-/m0/s1. The maximum absolute atomic E-state index is 12.8. The molecule has 6 heteroatoms. The van der Waals surface area contributed by atoms with E-state index in [1.54, 1.807) is 30.3 Å². The summed E-state index contributed by atoms with van der Waals surface area (Å²) < 4.78 is 5.72. The smallest absolute Gasteiger partial charge is 0.253 e. The van der Waals surface area contributed by atoms with Crippen LogP contribution in [0.4, 0.5) is 0 Å². The Balaban J connectivity index is 1.76. The molecule has 0 fully saturated rings. The lowest BCUT2D eigenvalue weighted by molar-refractivity contribution is 0.0936. The average molecular weight is 401 g/mol. The number of aromatic nitrogens is 1. The number of ether oxygens (including phenoxy) is 1. The lowest BCUT2D eigenvalue weighted by Gasteiger charge is -2.16. The van der Waals surface area contributed by atoms with Gasteiger partial charge in [-0.2, -0.15) is 0 Å². The van der Waals surface area contributed by atoms with Gasteiger partial charge >= 0.3 is 0 Å². The highest BCUT2D eigenvalue weighted by atomic mass is 35.5. The zero-order valence-corrected chi connectivity index (χ0v) is 16.2. The predicted octanol–water partition coefficient (Wildman–Crippen LogP) is 5.46. The van der Waals surface area contributed by atoms with Crippen LogP contribution in [0.2, 0.25) is 10.0 Å². The molecule has 3 rings (SSSR count). The SMILES string of the molecule is C[C@H](NC(=O)c1cc(Cl)cnc1COc1cccc(Cl)c1)c1ccccc1. The molecule has 0 aliphatic heterocycles. The van der Waals surface area contributed by atoms with E-state index in [-0.39, 0.29) is 18.6 Å². The van der Waals surface area contributed by atoms with Gasteiger partial charge in [0.2, 0.25) is 0 Å². The van der Waals surface area contributed by atoms with Crippen molar-refractivity contribution in [2.24, 2.45) is 0 Å². The van der Waals surface area contributed by atoms with Crippen molar-refractivity contribution in [2.45, 2.75) is 19.6 Å². The van der Waals surface area contributed by atoms with Crippen molar-refractivity contribution >= 4 is 29.1 Å². The van der Waals surface area contributed by atoms with Gasteiger partial charge in [-0.15, -0.1) is 0 Å². The molecule has 0 saturated carbocycles. The van der Waals surface area contributed by atoms with Gasteiger partial charge in [-0.05, 0) is 36.8 Å². The van der Waals surface area contributed by atoms with Gasteiger partial charge in [-0.3, -0.25) is 9.78 Å². The first-order valence-electron chi connectivity index (χ1n) is 8.41. The zero-order valence-electron chi connectivity index (χ0n) is 14.7. The number of nitrogens with zero attached hydrogens (tertiary/aromatic N) is 1. The molecule has 27 heavy (non-hydrogen) atoms. The first kappa shape index (κ1) is 19.2. The van der Waals surface area contributed by atoms with Crippen molar-refractivity contribution in [1.82, 2.24) is 10.3 Å². The summed E-state index contributed by atoms with van der Waals surface area (Å²) in [5, 5.41) is 3.94. The van der Waals surface area contributed by atoms with Crippen molar-refractivity contribution in [2.75, 3.05) is 0 Å². The molecule has 138 valence electrons. The maximum atomic E-state index is 12.8. The monoisotopic (exact) mass is 400 g/mol. The van der Waals surface area contributed by atoms with Gasteiger partial charge in [0.05, 0.1) is 22.3 Å². The number of nitrogens with one attached hydrogen (secondary N) is 1. The molecule has 1 heterocycles. The quantitative estimate of drug-likeness (QED) is 0.597. The molecular formula is C21H18Cl2N2O2. The largest absolute Gasteiger partial charge is 0.487 e. The van der Waals surface area contributed by atoms with Crippen LogP contribution in [0, 0.1) is 0 Å². The molecule has 1 amide bonds. The van der Waals surface area contributed by atoms with E-state index in [2.05, 4.69) is 10.3 Å². The van der Waals surface area contributed by atoms with Crippen LogP contribution in [-0.2, 0) is 6.61 Å². The highest BCUT2D eigenvalue weighted by Crippen LogP contribution is 2.21. The molecule has 1 N–H and O–H groups in total. The van der Waals surface area contributed by atoms with Crippen LogP contribution in [0.3, 0.4) is 0 Å². The van der Waals surface area contributed by atoms with E-state index in [4.69, 9.17) is 27.9 Å². The van der Waals surface area contributed by atoms with Crippen LogP contribution in [0.5, 0.6) is 5.75 Å². The van der Waals surface area contributed by atoms with Gasteiger partial charge in [0.15, 0.2) is 0 Å². The molecule has 4 nitrogen and oxygen atoms in total. The number of carbonyl (C=O) groups is 1. The third-order valence-electron chi connectivity index (χ3n) is 4.00. The van der Waals surface area contributed by atoms with E-state index in [1.165, 1.54) is 6.20 Å². The van der Waals surface area contributed by atoms with Gasteiger partial charge in [-0.25, -0.2) is 0 Å². The normalized spacial score (nSPS) is 11.7. The minimum atomic E-state index is -0.258. The molecule has 3 aromatic rings. The minimum absolute atomic E-state index is 0.125. The molecule has 0 aliphatic carbocycles. The molecule has 0 bridgehead atoms. The van der Waals surface area contributed by atoms with Crippen molar-refractivity contribution in [3.63, 3.8) is 0 Å². The number of benzene rings is 2. The Labute approximate surface area is 168 Å². The molecule has 0 saturated heterocycles. The third kappa shape index (κ3) is 5.22. The molecule has 0 radical (unpaired) electrons. The van der Waals surface area contributed by atoms with Crippen LogP contribution < -0.4 is 10.1 Å². The van der Waals surface area contributed by atoms with Crippen molar-refractivity contribution in [1.29, 1.82) is 0 Å². The Kier molecular flexibility index (Phi) is 6.32. The van der Waals surface area contributed by atoms with E-state index < -0.39 is 0 Å². The minimum Gasteiger partial charge on any atom is -0.487 e. The van der Waals surface area contributed by atoms with Crippen molar-refractivity contribution in [3.8, 4) is 5.75 Å². The van der Waals surface area contributed by atoms with Gasteiger partial charge in [0.1, 0.15) is 12.4 Å². The molecule has 1 atom stereocenters. The van der Waals surface area contributed by atoms with Crippen LogP contribution in [-0.4, -0.2) is 10.9 Å². The van der Waals surface area contributed by atoms with E-state index in [0.29, 0.717) is 27.1 Å². The van der Waals surface area contributed by atoms with Crippen LogP contribution in [0.1, 0.15) is 34.6 Å². The lowest BCUT2D eigenvalue weighted by Crippen LogP contribution is -2.28. The van der Waals surface area contributed by atoms with Crippen LogP contribution in [0.15, 0.2) is 66.9 Å². The van der Waals surface area contributed by atoms with Crippen molar-refractivity contribution in [3.05, 3.63) is 93.7 Å². The summed E-state index contributed by atoms with van der Waals surface area (Å²) in [6, 6.07) is 18.2. The van der Waals surface area contributed by atoms with Crippen LogP contribution in [0.25, 0.3) is 0 Å². The first-order valence-corrected chi connectivity index (χ1v) is 9.17. The summed E-state index contributed by atoms with van der Waals surface area (Å²) in [5.74, 6) is 0.342.